The van der Waals surface area contributed by atoms with E-state index in [-0.39, 0.29) is 12.5 Å². The first-order valence-electron chi connectivity index (χ1n) is 7.02. The van der Waals surface area contributed by atoms with Crippen molar-refractivity contribution in [1.29, 1.82) is 0 Å². The highest BCUT2D eigenvalue weighted by Gasteiger charge is 2.18. The Labute approximate surface area is 129 Å². The zero-order chi connectivity index (χ0) is 15.8. The highest BCUT2D eigenvalue weighted by atomic mass is 16.4. The van der Waals surface area contributed by atoms with Crippen molar-refractivity contribution in [2.75, 3.05) is 13.1 Å². The average Bonchev–Trinajstić information content (AvgIpc) is 2.94. The molecule has 7 nitrogen and oxygen atoms in total. The zero-order valence-electron chi connectivity index (χ0n) is 12.1. The van der Waals surface area contributed by atoms with Crippen LogP contribution in [0.1, 0.15) is 12.0 Å². The van der Waals surface area contributed by atoms with Crippen LogP contribution in [0.5, 0.6) is 0 Å². The van der Waals surface area contributed by atoms with Crippen LogP contribution in [0.3, 0.4) is 0 Å². The molecule has 7 heteroatoms. The topological polar surface area (TPSA) is 92.5 Å². The van der Waals surface area contributed by atoms with E-state index in [9.17, 15) is 4.79 Å². The summed E-state index contributed by atoms with van der Waals surface area (Å²) in [5.74, 6) is -0.823. The number of carboxylic acid groups (broad SMARTS) is 1. The van der Waals surface area contributed by atoms with Gasteiger partial charge in [-0.05, 0) is 17.5 Å². The van der Waals surface area contributed by atoms with E-state index in [0.717, 1.165) is 5.56 Å². The number of rotatable bonds is 8. The zero-order valence-corrected chi connectivity index (χ0v) is 12.1. The third-order valence-electron chi connectivity index (χ3n) is 3.28. The third-order valence-corrected chi connectivity index (χ3v) is 3.28. The van der Waals surface area contributed by atoms with Gasteiger partial charge in [0.15, 0.2) is 0 Å². The first kappa shape index (κ1) is 15.7. The molecule has 1 heterocycles. The average molecular weight is 300 g/mol. The Bertz CT molecular complexity index is 569. The quantitative estimate of drug-likeness (QED) is 0.453. The normalized spacial score (nSPS) is 14.7. The van der Waals surface area contributed by atoms with Gasteiger partial charge < -0.3 is 14.9 Å². The second-order valence-corrected chi connectivity index (χ2v) is 5.04. The maximum absolute atomic E-state index is 10.6. The van der Waals surface area contributed by atoms with Gasteiger partial charge in [0.1, 0.15) is 6.67 Å². The lowest BCUT2D eigenvalue weighted by Crippen LogP contribution is -2.28. The fourth-order valence-corrected chi connectivity index (χ4v) is 2.25. The molecule has 22 heavy (non-hydrogen) atoms. The van der Waals surface area contributed by atoms with Crippen LogP contribution < -0.4 is 0 Å². The van der Waals surface area contributed by atoms with Crippen molar-refractivity contribution in [2.45, 2.75) is 18.9 Å². The molecular weight excluding hydrogens is 282 g/mol. The van der Waals surface area contributed by atoms with Gasteiger partial charge >= 0.3 is 5.97 Å². The Balaban J connectivity index is 1.86. The van der Waals surface area contributed by atoms with Crippen LogP contribution >= 0.6 is 0 Å². The number of carbonyl (C=O) groups is 1. The number of azide groups is 1. The molecule has 0 aliphatic carbocycles. The number of aliphatic carboxylic acids is 1. The Morgan fingerprint density at radius 3 is 2.68 bits per heavy atom. The van der Waals surface area contributed by atoms with Crippen molar-refractivity contribution >= 4 is 5.97 Å². The lowest BCUT2D eigenvalue weighted by Gasteiger charge is -2.22. The highest BCUT2D eigenvalue weighted by Crippen LogP contribution is 2.15. The SMILES string of the molecule is [N-]=[N+]=N[C@@H](Cc1ccccc1)CN1[CH]N(CCC(=O)O)C=C1. The first-order chi connectivity index (χ1) is 10.7. The van der Waals surface area contributed by atoms with Crippen LogP contribution in [0, 0.1) is 6.67 Å². The van der Waals surface area contributed by atoms with Crippen molar-refractivity contribution in [3.05, 3.63) is 65.4 Å². The van der Waals surface area contributed by atoms with Crippen LogP contribution in [0.4, 0.5) is 0 Å². The molecular formula is C15H18N5O2. The van der Waals surface area contributed by atoms with E-state index < -0.39 is 5.97 Å². The van der Waals surface area contributed by atoms with Crippen molar-refractivity contribution in [3.8, 4) is 0 Å². The molecule has 0 amide bonds. The van der Waals surface area contributed by atoms with E-state index in [0.29, 0.717) is 19.5 Å². The highest BCUT2D eigenvalue weighted by molar-refractivity contribution is 5.66. The monoisotopic (exact) mass is 300 g/mol. The molecule has 1 aliphatic heterocycles. The van der Waals surface area contributed by atoms with Crippen LogP contribution in [0.2, 0.25) is 0 Å². The molecule has 2 rings (SSSR count). The van der Waals surface area contributed by atoms with Crippen molar-refractivity contribution in [3.63, 3.8) is 0 Å². The molecule has 115 valence electrons. The molecule has 1 aromatic rings. The summed E-state index contributed by atoms with van der Waals surface area (Å²) < 4.78 is 0. The lowest BCUT2D eigenvalue weighted by atomic mass is 10.1. The van der Waals surface area contributed by atoms with E-state index >= 15 is 0 Å². The number of hydrogen-bond acceptors (Lipinski definition) is 4. The summed E-state index contributed by atoms with van der Waals surface area (Å²) in [5, 5.41) is 12.5. The fraction of sp³-hybridized carbons (Fsp3) is 0.333. The van der Waals surface area contributed by atoms with Gasteiger partial charge in [-0.15, -0.1) is 0 Å². The Morgan fingerprint density at radius 1 is 1.27 bits per heavy atom. The molecule has 0 saturated heterocycles. The van der Waals surface area contributed by atoms with Gasteiger partial charge in [0, 0.05) is 30.4 Å². The smallest absolute Gasteiger partial charge is 0.305 e. The van der Waals surface area contributed by atoms with Gasteiger partial charge in [-0.25, -0.2) is 0 Å². The Morgan fingerprint density at radius 2 is 2.00 bits per heavy atom. The second-order valence-electron chi connectivity index (χ2n) is 5.04. The van der Waals surface area contributed by atoms with Gasteiger partial charge in [-0.3, -0.25) is 4.79 Å². The first-order valence-corrected chi connectivity index (χ1v) is 7.02. The number of hydrogen-bond donors (Lipinski definition) is 1. The lowest BCUT2D eigenvalue weighted by molar-refractivity contribution is -0.137. The Hall–Kier alpha value is -2.66. The van der Waals surface area contributed by atoms with Crippen LogP contribution in [0.15, 0.2) is 47.8 Å². The van der Waals surface area contributed by atoms with Crippen molar-refractivity contribution < 1.29 is 9.90 Å². The minimum absolute atomic E-state index is 0.0818. The van der Waals surface area contributed by atoms with Gasteiger partial charge in [0.2, 0.25) is 0 Å². The number of carboxylic acids is 1. The minimum atomic E-state index is -0.823. The second kappa shape index (κ2) is 7.95. The molecule has 0 aromatic heterocycles. The van der Waals surface area contributed by atoms with Gasteiger partial charge in [-0.1, -0.05) is 35.4 Å². The van der Waals surface area contributed by atoms with Crippen molar-refractivity contribution in [2.24, 2.45) is 5.11 Å². The maximum atomic E-state index is 10.6. The molecule has 0 unspecified atom stereocenters. The largest absolute Gasteiger partial charge is 0.481 e. The molecule has 1 atom stereocenters. The van der Waals surface area contributed by atoms with E-state index in [1.165, 1.54) is 0 Å². The van der Waals surface area contributed by atoms with E-state index in [4.69, 9.17) is 10.6 Å². The molecule has 1 aromatic carbocycles. The van der Waals surface area contributed by atoms with Crippen LogP contribution in [0.25, 0.3) is 10.4 Å². The van der Waals surface area contributed by atoms with Crippen molar-refractivity contribution in [1.82, 2.24) is 9.80 Å². The minimum Gasteiger partial charge on any atom is -0.481 e. The standard InChI is InChI=1S/C15H18N5O2/c16-18-17-14(10-13-4-2-1-3-5-13)11-20-9-8-19(12-20)7-6-15(21)22/h1-5,8-9,12,14H,6-7,10-11H2,(H,21,22)/t14-/m0/s1. The van der Waals surface area contributed by atoms with E-state index in [1.807, 2.05) is 59.2 Å². The molecule has 0 saturated carbocycles. The molecule has 0 fully saturated rings. The Kier molecular flexibility index (Phi) is 5.68. The molecule has 0 spiro atoms. The fourth-order valence-electron chi connectivity index (χ4n) is 2.25. The predicted molar refractivity (Wildman–Crippen MR) is 82.2 cm³/mol. The third kappa shape index (κ3) is 5.03. The summed E-state index contributed by atoms with van der Waals surface area (Å²) in [6, 6.07) is 9.68. The summed E-state index contributed by atoms with van der Waals surface area (Å²) in [5.41, 5.74) is 9.84. The molecule has 1 N–H and O–H groups in total. The summed E-state index contributed by atoms with van der Waals surface area (Å²) in [6.45, 7) is 2.81. The molecule has 1 aliphatic rings. The maximum Gasteiger partial charge on any atom is 0.305 e. The van der Waals surface area contributed by atoms with Crippen LogP contribution in [-0.2, 0) is 11.2 Å². The van der Waals surface area contributed by atoms with Gasteiger partial charge in [0.25, 0.3) is 0 Å². The van der Waals surface area contributed by atoms with Gasteiger partial charge in [-0.2, -0.15) is 0 Å². The number of nitrogens with zero attached hydrogens (tertiary/aromatic N) is 5. The molecule has 0 bridgehead atoms. The van der Waals surface area contributed by atoms with Gasteiger partial charge in [0.05, 0.1) is 12.5 Å². The summed E-state index contributed by atoms with van der Waals surface area (Å²) in [4.78, 5) is 17.2. The summed E-state index contributed by atoms with van der Waals surface area (Å²) >= 11 is 0. The predicted octanol–water partition coefficient (Wildman–Crippen LogP) is 2.59. The van der Waals surface area contributed by atoms with E-state index in [2.05, 4.69) is 10.0 Å². The van der Waals surface area contributed by atoms with E-state index in [1.54, 1.807) is 0 Å². The molecule has 1 radical (unpaired) electrons. The summed E-state index contributed by atoms with van der Waals surface area (Å²) in [6.07, 6.45) is 4.42. The summed E-state index contributed by atoms with van der Waals surface area (Å²) in [7, 11) is 0. The number of benzene rings is 1. The van der Waals surface area contributed by atoms with Crippen LogP contribution in [-0.4, -0.2) is 40.0 Å².